The van der Waals surface area contributed by atoms with Crippen LogP contribution in [0.5, 0.6) is 0 Å². The Morgan fingerprint density at radius 2 is 1.87 bits per heavy atom. The van der Waals surface area contributed by atoms with Crippen LogP contribution in [0.1, 0.15) is 66.5 Å². The van der Waals surface area contributed by atoms with Crippen LogP contribution < -0.4 is 5.73 Å². The zero-order valence-electron chi connectivity index (χ0n) is 23.1. The summed E-state index contributed by atoms with van der Waals surface area (Å²) in [6.45, 7) is 12.8. The van der Waals surface area contributed by atoms with Crippen LogP contribution in [0.4, 0.5) is 10.6 Å². The van der Waals surface area contributed by atoms with Crippen molar-refractivity contribution in [2.75, 3.05) is 31.9 Å². The molecule has 4 fully saturated rings. The predicted octanol–water partition coefficient (Wildman–Crippen LogP) is 3.30. The van der Waals surface area contributed by atoms with E-state index in [2.05, 4.69) is 14.9 Å². The zero-order valence-corrected chi connectivity index (χ0v) is 23.1. The molecule has 4 aliphatic heterocycles. The molecule has 0 aromatic carbocycles. The van der Waals surface area contributed by atoms with Crippen LogP contribution >= 0.6 is 0 Å². The highest BCUT2D eigenvalue weighted by atomic mass is 16.8. The van der Waals surface area contributed by atoms with Gasteiger partial charge in [-0.25, -0.2) is 14.8 Å². The molecule has 4 atom stereocenters. The average molecular weight is 529 g/mol. The zero-order chi connectivity index (χ0) is 26.9. The molecule has 38 heavy (non-hydrogen) atoms. The third-order valence-corrected chi connectivity index (χ3v) is 8.43. The highest BCUT2D eigenvalue weighted by molar-refractivity contribution is 5.86. The van der Waals surface area contributed by atoms with Crippen LogP contribution in [0, 0.1) is 0 Å². The summed E-state index contributed by atoms with van der Waals surface area (Å²) in [5.41, 5.74) is 6.39. The van der Waals surface area contributed by atoms with Gasteiger partial charge < -0.3 is 34.1 Å². The molecular weight excluding hydrogens is 488 g/mol. The molecule has 6 rings (SSSR count). The highest BCUT2D eigenvalue weighted by Gasteiger charge is 2.57. The van der Waals surface area contributed by atoms with Gasteiger partial charge in [0.05, 0.1) is 5.39 Å². The molecule has 0 saturated carbocycles. The number of rotatable bonds is 3. The standard InChI is InChI=1S/C27H40N6O5/c1-25(2,3)38-24(34)31-13-9-27(10-14-31)8-6-11-32(27)15-18-19-20(37-26(4,5)36-19)23(35-18)33-12-7-17-21(28)29-16-30-22(17)33/h7,12,16,18-20,23H,6,8-11,13-15H2,1-5H3,(H2,28,29,30)/t18-,19-,20-,23-/m1/s1. The fraction of sp³-hybridized carbons (Fsp3) is 0.741. The maximum atomic E-state index is 12.6. The first-order valence-corrected chi connectivity index (χ1v) is 13.8. The molecule has 2 aromatic rings. The Kier molecular flexibility index (Phi) is 6.14. The molecule has 0 radical (unpaired) electrons. The molecule has 0 bridgehead atoms. The molecule has 0 aliphatic carbocycles. The van der Waals surface area contributed by atoms with Crippen molar-refractivity contribution in [3.63, 3.8) is 0 Å². The van der Waals surface area contributed by atoms with Crippen LogP contribution in [-0.2, 0) is 18.9 Å². The van der Waals surface area contributed by atoms with Gasteiger partial charge in [-0.3, -0.25) is 4.90 Å². The van der Waals surface area contributed by atoms with Gasteiger partial charge in [0.25, 0.3) is 0 Å². The molecular formula is C27H40N6O5. The van der Waals surface area contributed by atoms with Crippen LogP contribution in [0.3, 0.4) is 0 Å². The molecule has 208 valence electrons. The number of anilines is 1. The Labute approximate surface area is 223 Å². The van der Waals surface area contributed by atoms with E-state index in [1.165, 1.54) is 6.33 Å². The Bertz CT molecular complexity index is 1200. The van der Waals surface area contributed by atoms with Crippen molar-refractivity contribution < 1.29 is 23.7 Å². The molecule has 11 nitrogen and oxygen atoms in total. The topological polar surface area (TPSA) is 117 Å². The summed E-state index contributed by atoms with van der Waals surface area (Å²) in [7, 11) is 0. The van der Waals surface area contributed by atoms with E-state index in [9.17, 15) is 4.79 Å². The van der Waals surface area contributed by atoms with E-state index in [1.807, 2.05) is 56.3 Å². The second-order valence-electron chi connectivity index (χ2n) is 12.6. The van der Waals surface area contributed by atoms with Gasteiger partial charge in [0.15, 0.2) is 12.0 Å². The van der Waals surface area contributed by atoms with Crippen molar-refractivity contribution in [2.45, 2.75) is 102 Å². The molecule has 11 heteroatoms. The summed E-state index contributed by atoms with van der Waals surface area (Å²) in [5.74, 6) is -0.255. The lowest BCUT2D eigenvalue weighted by molar-refractivity contribution is -0.199. The number of likely N-dealkylation sites (tertiary alicyclic amines) is 2. The quantitative estimate of drug-likeness (QED) is 0.640. The highest BCUT2D eigenvalue weighted by Crippen LogP contribution is 2.46. The third kappa shape index (κ3) is 4.53. The van der Waals surface area contributed by atoms with Gasteiger partial charge >= 0.3 is 6.09 Å². The number of fused-ring (bicyclic) bond motifs is 2. The average Bonchev–Trinajstić information content (AvgIpc) is 3.57. The van der Waals surface area contributed by atoms with E-state index in [0.717, 1.165) is 49.8 Å². The van der Waals surface area contributed by atoms with Crippen molar-refractivity contribution >= 4 is 22.9 Å². The van der Waals surface area contributed by atoms with Crippen molar-refractivity contribution in [1.82, 2.24) is 24.3 Å². The van der Waals surface area contributed by atoms with Gasteiger partial charge in [-0.1, -0.05) is 0 Å². The molecule has 1 amide bonds. The van der Waals surface area contributed by atoms with Gasteiger partial charge in [0.1, 0.15) is 41.7 Å². The minimum Gasteiger partial charge on any atom is -0.444 e. The molecule has 6 heterocycles. The predicted molar refractivity (Wildman–Crippen MR) is 140 cm³/mol. The maximum absolute atomic E-state index is 12.6. The van der Waals surface area contributed by atoms with E-state index in [1.54, 1.807) is 0 Å². The van der Waals surface area contributed by atoms with Gasteiger partial charge in [0.2, 0.25) is 0 Å². The number of carbonyl (C=O) groups excluding carboxylic acids is 1. The fourth-order valence-electron chi connectivity index (χ4n) is 6.72. The maximum Gasteiger partial charge on any atom is 0.410 e. The largest absolute Gasteiger partial charge is 0.444 e. The first kappa shape index (κ1) is 25.8. The number of aromatic nitrogens is 3. The number of nitrogens with zero attached hydrogens (tertiary/aromatic N) is 5. The smallest absolute Gasteiger partial charge is 0.410 e. The number of piperidine rings is 1. The van der Waals surface area contributed by atoms with Gasteiger partial charge in [-0.15, -0.1) is 0 Å². The summed E-state index contributed by atoms with van der Waals surface area (Å²) in [6.07, 6.45) is 6.30. The lowest BCUT2D eigenvalue weighted by Crippen LogP contribution is -2.56. The molecule has 2 N–H and O–H groups in total. The Morgan fingerprint density at radius 1 is 1.13 bits per heavy atom. The summed E-state index contributed by atoms with van der Waals surface area (Å²) < 4.78 is 27.1. The lowest BCUT2D eigenvalue weighted by Gasteiger charge is -2.46. The van der Waals surface area contributed by atoms with Crippen LogP contribution in [-0.4, -0.2) is 91.8 Å². The van der Waals surface area contributed by atoms with Crippen molar-refractivity contribution in [1.29, 1.82) is 0 Å². The number of nitrogen functional groups attached to an aromatic ring is 1. The van der Waals surface area contributed by atoms with Gasteiger partial charge in [0, 0.05) is 31.4 Å². The van der Waals surface area contributed by atoms with E-state index in [-0.39, 0.29) is 36.2 Å². The molecule has 4 saturated heterocycles. The van der Waals surface area contributed by atoms with Crippen molar-refractivity contribution in [3.05, 3.63) is 18.6 Å². The first-order chi connectivity index (χ1) is 17.9. The van der Waals surface area contributed by atoms with Crippen LogP contribution in [0.15, 0.2) is 18.6 Å². The number of hydrogen-bond donors (Lipinski definition) is 1. The number of ether oxygens (including phenoxy) is 4. The lowest BCUT2D eigenvalue weighted by atomic mass is 9.84. The molecule has 0 unspecified atom stereocenters. The Balaban J connectivity index is 1.19. The van der Waals surface area contributed by atoms with Gasteiger partial charge in [-0.05, 0) is 72.9 Å². The number of nitrogens with two attached hydrogens (primary N) is 1. The Morgan fingerprint density at radius 3 is 2.61 bits per heavy atom. The van der Waals surface area contributed by atoms with E-state index >= 15 is 0 Å². The molecule has 2 aromatic heterocycles. The monoisotopic (exact) mass is 528 g/mol. The van der Waals surface area contributed by atoms with Crippen molar-refractivity contribution in [2.24, 2.45) is 0 Å². The molecule has 1 spiro atoms. The summed E-state index contributed by atoms with van der Waals surface area (Å²) in [4.78, 5) is 25.7. The van der Waals surface area contributed by atoms with Crippen molar-refractivity contribution in [3.8, 4) is 0 Å². The fourth-order valence-corrected chi connectivity index (χ4v) is 6.72. The summed E-state index contributed by atoms with van der Waals surface area (Å²) >= 11 is 0. The Hall–Kier alpha value is -2.47. The third-order valence-electron chi connectivity index (χ3n) is 8.43. The molecule has 4 aliphatic rings. The van der Waals surface area contributed by atoms with Crippen LogP contribution in [0.25, 0.3) is 11.0 Å². The van der Waals surface area contributed by atoms with E-state index in [4.69, 9.17) is 24.7 Å². The van der Waals surface area contributed by atoms with E-state index < -0.39 is 11.4 Å². The first-order valence-electron chi connectivity index (χ1n) is 13.8. The summed E-state index contributed by atoms with van der Waals surface area (Å²) in [6, 6.07) is 1.92. The number of hydrogen-bond acceptors (Lipinski definition) is 9. The number of amides is 1. The summed E-state index contributed by atoms with van der Waals surface area (Å²) in [5, 5.41) is 0.796. The minimum atomic E-state index is -0.700. The second kappa shape index (κ2) is 9.04. The normalized spacial score (nSPS) is 30.8. The van der Waals surface area contributed by atoms with Gasteiger partial charge in [-0.2, -0.15) is 0 Å². The van der Waals surface area contributed by atoms with Crippen LogP contribution in [0.2, 0.25) is 0 Å². The minimum absolute atomic E-state index is 0.0618. The van der Waals surface area contributed by atoms with E-state index in [0.29, 0.717) is 18.9 Å². The SMILES string of the molecule is CC(C)(C)OC(=O)N1CCC2(CCCN2C[C@H]2O[C@@H](n3ccc4c(N)ncnc43)[C@@H]3OC(C)(C)O[C@@H]32)CC1. The number of carbonyl (C=O) groups is 1. The second-order valence-corrected chi connectivity index (χ2v) is 12.6.